The molecule has 1 aliphatic heterocycles. The predicted molar refractivity (Wildman–Crippen MR) is 109 cm³/mol. The average Bonchev–Trinajstić information content (AvgIpc) is 2.68. The van der Waals surface area contributed by atoms with Gasteiger partial charge in [0.2, 0.25) is 15.9 Å². The van der Waals surface area contributed by atoms with Crippen LogP contribution in [0.2, 0.25) is 0 Å². The van der Waals surface area contributed by atoms with Gasteiger partial charge in [-0.1, -0.05) is 25.1 Å². The third-order valence-electron chi connectivity index (χ3n) is 4.63. The maximum atomic E-state index is 12.7. The van der Waals surface area contributed by atoms with Crippen molar-refractivity contribution in [3.8, 4) is 0 Å². The first-order valence-corrected chi connectivity index (χ1v) is 11.5. The molecule has 0 aliphatic carbocycles. The first-order chi connectivity index (χ1) is 12.9. The second-order valence-corrected chi connectivity index (χ2v) is 9.75. The number of rotatable bonds is 6. The van der Waals surface area contributed by atoms with Crippen molar-refractivity contribution in [3.63, 3.8) is 0 Å². The Balaban J connectivity index is 1.57. The highest BCUT2D eigenvalue weighted by Crippen LogP contribution is 2.24. The van der Waals surface area contributed by atoms with E-state index in [1.807, 2.05) is 30.3 Å². The maximum Gasteiger partial charge on any atom is 0.243 e. The molecule has 1 saturated heterocycles. The van der Waals surface area contributed by atoms with E-state index in [9.17, 15) is 13.2 Å². The quantitative estimate of drug-likeness (QED) is 0.743. The van der Waals surface area contributed by atoms with E-state index in [-0.39, 0.29) is 10.8 Å². The molecule has 0 bridgehead atoms. The Hall–Kier alpha value is -1.83. The van der Waals surface area contributed by atoms with Gasteiger partial charge >= 0.3 is 0 Å². The molecule has 0 spiro atoms. The highest BCUT2D eigenvalue weighted by Gasteiger charge is 2.27. The summed E-state index contributed by atoms with van der Waals surface area (Å²) >= 11 is 1.46. The van der Waals surface area contributed by atoms with Crippen LogP contribution in [0.25, 0.3) is 0 Å². The van der Waals surface area contributed by atoms with Gasteiger partial charge in [0.25, 0.3) is 0 Å². The van der Waals surface area contributed by atoms with E-state index in [2.05, 4.69) is 12.2 Å². The van der Waals surface area contributed by atoms with Crippen molar-refractivity contribution in [2.75, 3.05) is 24.2 Å². The van der Waals surface area contributed by atoms with E-state index in [0.29, 0.717) is 30.4 Å². The number of nitrogens with one attached hydrogen (secondary N) is 1. The van der Waals surface area contributed by atoms with E-state index >= 15 is 0 Å². The lowest BCUT2D eigenvalue weighted by Gasteiger charge is -2.29. The third kappa shape index (κ3) is 5.34. The Morgan fingerprint density at radius 1 is 1.07 bits per heavy atom. The summed E-state index contributed by atoms with van der Waals surface area (Å²) in [6, 6.07) is 16.1. The van der Waals surface area contributed by atoms with Crippen molar-refractivity contribution in [3.05, 3.63) is 54.6 Å². The normalized spacial score (nSPS) is 16.2. The fourth-order valence-corrected chi connectivity index (χ4v) is 5.14. The number of benzene rings is 2. The molecule has 27 heavy (non-hydrogen) atoms. The Morgan fingerprint density at radius 2 is 1.70 bits per heavy atom. The lowest BCUT2D eigenvalue weighted by atomic mass is 10.0. The van der Waals surface area contributed by atoms with Crippen molar-refractivity contribution >= 4 is 33.4 Å². The van der Waals surface area contributed by atoms with Gasteiger partial charge in [0.05, 0.1) is 10.6 Å². The van der Waals surface area contributed by atoms with Crippen molar-refractivity contribution in [1.29, 1.82) is 0 Å². The number of anilines is 1. The molecule has 1 amide bonds. The Bertz CT molecular complexity index is 860. The fraction of sp³-hybridized carbons (Fsp3) is 0.350. The zero-order chi connectivity index (χ0) is 19.3. The van der Waals surface area contributed by atoms with Gasteiger partial charge in [-0.25, -0.2) is 8.42 Å². The van der Waals surface area contributed by atoms with Crippen LogP contribution >= 0.6 is 11.8 Å². The van der Waals surface area contributed by atoms with Crippen LogP contribution in [-0.2, 0) is 14.8 Å². The summed E-state index contributed by atoms with van der Waals surface area (Å²) in [4.78, 5) is 13.4. The van der Waals surface area contributed by atoms with Gasteiger partial charge in [-0.05, 0) is 55.2 Å². The standard InChI is InChI=1S/C20H24N2O3S2/c1-16-11-13-22(14-12-16)27(24,25)19-9-7-17(8-10-19)21-20(23)15-26-18-5-3-2-4-6-18/h2-10,16H,11-15H2,1H3,(H,21,23). The highest BCUT2D eigenvalue weighted by atomic mass is 32.2. The van der Waals surface area contributed by atoms with E-state index in [1.165, 1.54) is 11.8 Å². The third-order valence-corrected chi connectivity index (χ3v) is 7.56. The molecule has 2 aromatic rings. The number of carbonyl (C=O) groups excluding carboxylic acids is 1. The summed E-state index contributed by atoms with van der Waals surface area (Å²) in [6.07, 6.45) is 1.79. The van der Waals surface area contributed by atoms with Crippen molar-refractivity contribution in [1.82, 2.24) is 4.31 Å². The number of nitrogens with zero attached hydrogens (tertiary/aromatic N) is 1. The first kappa shape index (κ1) is 19.9. The summed E-state index contributed by atoms with van der Waals surface area (Å²) < 4.78 is 27.0. The highest BCUT2D eigenvalue weighted by molar-refractivity contribution is 8.00. The molecule has 0 atom stereocenters. The van der Waals surface area contributed by atoms with Gasteiger partial charge < -0.3 is 5.32 Å². The van der Waals surface area contributed by atoms with Crippen LogP contribution in [-0.4, -0.2) is 37.5 Å². The topological polar surface area (TPSA) is 66.5 Å². The molecule has 0 unspecified atom stereocenters. The van der Waals surface area contributed by atoms with E-state index in [1.54, 1.807) is 28.6 Å². The van der Waals surface area contributed by atoms with Gasteiger partial charge in [0, 0.05) is 23.7 Å². The lowest BCUT2D eigenvalue weighted by Crippen LogP contribution is -2.37. The van der Waals surface area contributed by atoms with Gasteiger partial charge in [-0.2, -0.15) is 4.31 Å². The number of piperidine rings is 1. The summed E-state index contributed by atoms with van der Waals surface area (Å²) in [5.74, 6) is 0.753. The average molecular weight is 405 g/mol. The molecule has 144 valence electrons. The summed E-state index contributed by atoms with van der Waals surface area (Å²) in [5.41, 5.74) is 0.597. The predicted octanol–water partition coefficient (Wildman–Crippen LogP) is 3.84. The van der Waals surface area contributed by atoms with Gasteiger partial charge in [-0.3, -0.25) is 4.79 Å². The molecule has 1 N–H and O–H groups in total. The number of carbonyl (C=O) groups is 1. The Morgan fingerprint density at radius 3 is 2.33 bits per heavy atom. The molecule has 7 heteroatoms. The molecule has 2 aromatic carbocycles. The number of hydrogen-bond donors (Lipinski definition) is 1. The minimum Gasteiger partial charge on any atom is -0.325 e. The Labute approximate surface area is 165 Å². The zero-order valence-electron chi connectivity index (χ0n) is 15.3. The molecule has 0 aromatic heterocycles. The van der Waals surface area contributed by atoms with Crippen molar-refractivity contribution < 1.29 is 13.2 Å². The minimum absolute atomic E-state index is 0.121. The lowest BCUT2D eigenvalue weighted by molar-refractivity contribution is -0.113. The maximum absolute atomic E-state index is 12.7. The zero-order valence-corrected chi connectivity index (χ0v) is 16.9. The van der Waals surface area contributed by atoms with E-state index in [0.717, 1.165) is 17.7 Å². The molecule has 0 saturated carbocycles. The molecular weight excluding hydrogens is 380 g/mol. The molecule has 1 aliphatic rings. The number of sulfonamides is 1. The van der Waals surface area contributed by atoms with Gasteiger partial charge in [-0.15, -0.1) is 11.8 Å². The molecule has 0 radical (unpaired) electrons. The monoisotopic (exact) mass is 404 g/mol. The van der Waals surface area contributed by atoms with Crippen LogP contribution in [0, 0.1) is 5.92 Å². The van der Waals surface area contributed by atoms with Crippen LogP contribution in [0.4, 0.5) is 5.69 Å². The number of amides is 1. The second kappa shape index (κ2) is 8.91. The molecule has 3 rings (SSSR count). The van der Waals surface area contributed by atoms with Crippen LogP contribution in [0.15, 0.2) is 64.4 Å². The largest absolute Gasteiger partial charge is 0.325 e. The molecule has 1 heterocycles. The van der Waals surface area contributed by atoms with Gasteiger partial charge in [0.15, 0.2) is 0 Å². The van der Waals surface area contributed by atoms with E-state index in [4.69, 9.17) is 0 Å². The van der Waals surface area contributed by atoms with Crippen molar-refractivity contribution in [2.24, 2.45) is 5.92 Å². The molecule has 1 fully saturated rings. The van der Waals surface area contributed by atoms with Crippen LogP contribution in [0.1, 0.15) is 19.8 Å². The number of thioether (sulfide) groups is 1. The van der Waals surface area contributed by atoms with Crippen LogP contribution in [0.5, 0.6) is 0 Å². The summed E-state index contributed by atoms with van der Waals surface area (Å²) in [7, 11) is -3.46. The smallest absolute Gasteiger partial charge is 0.243 e. The van der Waals surface area contributed by atoms with E-state index < -0.39 is 10.0 Å². The summed E-state index contributed by atoms with van der Waals surface area (Å²) in [5, 5.41) is 2.81. The minimum atomic E-state index is -3.46. The number of hydrogen-bond acceptors (Lipinski definition) is 4. The van der Waals surface area contributed by atoms with Crippen LogP contribution < -0.4 is 5.32 Å². The SMILES string of the molecule is CC1CCN(S(=O)(=O)c2ccc(NC(=O)CSc3ccccc3)cc2)CC1. The fourth-order valence-electron chi connectivity index (χ4n) is 2.95. The van der Waals surface area contributed by atoms with Crippen molar-refractivity contribution in [2.45, 2.75) is 29.6 Å². The Kier molecular flexibility index (Phi) is 6.57. The molecular formula is C20H24N2O3S2. The second-order valence-electron chi connectivity index (χ2n) is 6.76. The first-order valence-electron chi connectivity index (χ1n) is 9.03. The molecule has 5 nitrogen and oxygen atoms in total. The van der Waals surface area contributed by atoms with Crippen LogP contribution in [0.3, 0.4) is 0 Å². The van der Waals surface area contributed by atoms with Gasteiger partial charge in [0.1, 0.15) is 0 Å². The summed E-state index contributed by atoms with van der Waals surface area (Å²) in [6.45, 7) is 3.29.